The number of methoxy groups -OCH3 is 2. The number of anilines is 1. The first kappa shape index (κ1) is 23.1. The highest BCUT2D eigenvalue weighted by atomic mass is 32.2. The Morgan fingerprint density at radius 2 is 1.94 bits per heavy atom. The summed E-state index contributed by atoms with van der Waals surface area (Å²) in [4.78, 5) is 8.42. The highest BCUT2D eigenvalue weighted by molar-refractivity contribution is 7.93. The molecule has 12 nitrogen and oxygen atoms in total. The molecule has 1 saturated carbocycles. The van der Waals surface area contributed by atoms with Crippen LogP contribution in [0.4, 0.5) is 5.95 Å². The average molecular weight is 477 g/mol. The molecule has 2 unspecified atom stereocenters. The van der Waals surface area contributed by atoms with Crippen LogP contribution in [0.15, 0.2) is 24.7 Å². The van der Waals surface area contributed by atoms with Gasteiger partial charge in [0.15, 0.2) is 5.82 Å². The third kappa shape index (κ3) is 4.42. The number of sulfonamides is 1. The Balaban J connectivity index is 1.65. The van der Waals surface area contributed by atoms with E-state index in [9.17, 15) is 8.42 Å². The van der Waals surface area contributed by atoms with Crippen molar-refractivity contribution in [3.8, 4) is 17.4 Å². The molecule has 3 aromatic rings. The van der Waals surface area contributed by atoms with Crippen LogP contribution in [0.5, 0.6) is 5.88 Å². The number of aromatic nitrogens is 7. The molecule has 1 aliphatic rings. The molecule has 178 valence electrons. The Kier molecular flexibility index (Phi) is 6.10. The zero-order valence-electron chi connectivity index (χ0n) is 19.3. The van der Waals surface area contributed by atoms with E-state index in [2.05, 4.69) is 30.0 Å². The second-order valence-corrected chi connectivity index (χ2v) is 10.4. The van der Waals surface area contributed by atoms with Crippen LogP contribution in [-0.4, -0.2) is 69.0 Å². The van der Waals surface area contributed by atoms with E-state index < -0.39 is 26.7 Å². The maximum Gasteiger partial charge on any atom is 0.239 e. The van der Waals surface area contributed by atoms with Gasteiger partial charge in [0.05, 0.1) is 42.6 Å². The van der Waals surface area contributed by atoms with Crippen molar-refractivity contribution < 1.29 is 17.9 Å². The summed E-state index contributed by atoms with van der Waals surface area (Å²) in [6, 6.07) is 1.81. The zero-order chi connectivity index (χ0) is 23.8. The van der Waals surface area contributed by atoms with Crippen LogP contribution in [0, 0.1) is 0 Å². The van der Waals surface area contributed by atoms with Crippen molar-refractivity contribution in [1.29, 1.82) is 0 Å². The highest BCUT2D eigenvalue weighted by Gasteiger charge is 2.49. The molecule has 0 radical (unpaired) electrons. The van der Waals surface area contributed by atoms with E-state index in [1.807, 2.05) is 6.07 Å². The number of nitrogens with zero attached hydrogens (tertiary/aromatic N) is 7. The van der Waals surface area contributed by atoms with Crippen LogP contribution in [0.25, 0.3) is 11.5 Å². The molecular weight excluding hydrogens is 448 g/mol. The van der Waals surface area contributed by atoms with Gasteiger partial charge in [-0.15, -0.1) is 10.2 Å². The zero-order valence-corrected chi connectivity index (χ0v) is 20.1. The summed E-state index contributed by atoms with van der Waals surface area (Å²) < 4.78 is 43.2. The van der Waals surface area contributed by atoms with Crippen molar-refractivity contribution in [3.05, 3.63) is 30.4 Å². The van der Waals surface area contributed by atoms with Crippen molar-refractivity contribution in [3.63, 3.8) is 0 Å². The van der Waals surface area contributed by atoms with E-state index in [4.69, 9.17) is 9.47 Å². The fraction of sp³-hybridized carbons (Fsp3) is 0.550. The summed E-state index contributed by atoms with van der Waals surface area (Å²) in [5.41, 5.74) is 0.731. The van der Waals surface area contributed by atoms with Gasteiger partial charge < -0.3 is 9.47 Å². The van der Waals surface area contributed by atoms with Crippen LogP contribution >= 0.6 is 0 Å². The summed E-state index contributed by atoms with van der Waals surface area (Å²) in [6.45, 7) is 3.83. The number of hydrogen-bond donors (Lipinski definition) is 1. The lowest BCUT2D eigenvalue weighted by atomic mass is 10.1. The maximum absolute atomic E-state index is 13.3. The standard InChI is InChI=1S/C20H28N8O4S/c1-13(16-10-22-17(32-5)11-21-16)14(2)33(29,30)26-19-24-23-18(15-6-9-27(3)25-15)28(19)20(7-8-20)12-31-4/h6,9-11,13-14H,7-8,12H2,1-5H3,(H,24,26). The van der Waals surface area contributed by atoms with Crippen LogP contribution < -0.4 is 9.46 Å². The lowest BCUT2D eigenvalue weighted by Crippen LogP contribution is -2.33. The summed E-state index contributed by atoms with van der Waals surface area (Å²) in [7, 11) is 1.07. The first-order valence-corrected chi connectivity index (χ1v) is 12.1. The SMILES string of the molecule is COCC1(n2c(NS(=O)(=O)C(C)C(C)c3cnc(OC)cn3)nnc2-c2ccn(C)n2)CC1. The first-order chi connectivity index (χ1) is 15.7. The third-order valence-corrected chi connectivity index (χ3v) is 7.93. The van der Waals surface area contributed by atoms with Gasteiger partial charge >= 0.3 is 0 Å². The molecule has 1 fully saturated rings. The first-order valence-electron chi connectivity index (χ1n) is 10.5. The van der Waals surface area contributed by atoms with Gasteiger partial charge in [0.1, 0.15) is 5.69 Å². The van der Waals surface area contributed by atoms with E-state index in [-0.39, 0.29) is 5.95 Å². The number of ether oxygens (including phenoxy) is 2. The van der Waals surface area contributed by atoms with Crippen LogP contribution in [0.2, 0.25) is 0 Å². The minimum Gasteiger partial charge on any atom is -0.480 e. The fourth-order valence-corrected chi connectivity index (χ4v) is 4.99. The molecule has 33 heavy (non-hydrogen) atoms. The van der Waals surface area contributed by atoms with Gasteiger partial charge in [-0.05, 0) is 25.8 Å². The normalized spacial score (nSPS) is 16.9. The Hall–Kier alpha value is -3.06. The monoisotopic (exact) mass is 476 g/mol. The topological polar surface area (TPSA) is 139 Å². The Bertz CT molecular complexity index is 1220. The molecule has 4 rings (SSSR count). The highest BCUT2D eigenvalue weighted by Crippen LogP contribution is 2.47. The van der Waals surface area contributed by atoms with Crippen molar-refractivity contribution in [2.45, 2.75) is 43.4 Å². The van der Waals surface area contributed by atoms with Gasteiger partial charge in [-0.2, -0.15) is 5.10 Å². The Morgan fingerprint density at radius 3 is 2.48 bits per heavy atom. The van der Waals surface area contributed by atoms with Gasteiger partial charge in [0.2, 0.25) is 21.9 Å². The quantitative estimate of drug-likeness (QED) is 0.461. The minimum absolute atomic E-state index is 0.144. The van der Waals surface area contributed by atoms with Gasteiger partial charge in [0, 0.05) is 26.3 Å². The smallest absolute Gasteiger partial charge is 0.239 e. The molecule has 0 aliphatic heterocycles. The minimum atomic E-state index is -3.85. The molecule has 13 heteroatoms. The molecule has 0 spiro atoms. The van der Waals surface area contributed by atoms with E-state index >= 15 is 0 Å². The Labute approximate surface area is 192 Å². The number of rotatable bonds is 10. The van der Waals surface area contributed by atoms with Crippen LogP contribution in [0.1, 0.15) is 38.3 Å². The van der Waals surface area contributed by atoms with Crippen LogP contribution in [-0.2, 0) is 27.3 Å². The van der Waals surface area contributed by atoms with Crippen molar-refractivity contribution in [2.24, 2.45) is 7.05 Å². The predicted molar refractivity (Wildman–Crippen MR) is 120 cm³/mol. The molecule has 0 saturated heterocycles. The molecule has 1 N–H and O–H groups in total. The second-order valence-electron chi connectivity index (χ2n) is 8.34. The summed E-state index contributed by atoms with van der Waals surface area (Å²) in [5.74, 6) is 0.568. The number of aryl methyl sites for hydroxylation is 1. The maximum atomic E-state index is 13.3. The molecule has 3 heterocycles. The van der Waals surface area contributed by atoms with Gasteiger partial charge in [0.25, 0.3) is 0 Å². The van der Waals surface area contributed by atoms with E-state index in [1.54, 1.807) is 43.5 Å². The van der Waals surface area contributed by atoms with Gasteiger partial charge in [-0.1, -0.05) is 6.92 Å². The molecule has 0 bridgehead atoms. The van der Waals surface area contributed by atoms with E-state index in [1.165, 1.54) is 19.5 Å². The number of hydrogen-bond acceptors (Lipinski definition) is 9. The molecule has 1 aliphatic carbocycles. The molecule has 3 aromatic heterocycles. The van der Waals surface area contributed by atoms with Gasteiger partial charge in [-0.25, -0.2) is 13.4 Å². The van der Waals surface area contributed by atoms with Crippen molar-refractivity contribution in [1.82, 2.24) is 34.5 Å². The molecule has 0 amide bonds. The van der Waals surface area contributed by atoms with E-state index in [0.29, 0.717) is 29.7 Å². The second kappa shape index (κ2) is 8.71. The largest absolute Gasteiger partial charge is 0.480 e. The third-order valence-electron chi connectivity index (χ3n) is 6.07. The molecular formula is C20H28N8O4S. The molecule has 2 atom stereocenters. The van der Waals surface area contributed by atoms with Crippen molar-refractivity contribution >= 4 is 16.0 Å². The predicted octanol–water partition coefficient (Wildman–Crippen LogP) is 1.55. The summed E-state index contributed by atoms with van der Waals surface area (Å²) in [5, 5.41) is 12.1. The van der Waals surface area contributed by atoms with Crippen LogP contribution in [0.3, 0.4) is 0 Å². The lowest BCUT2D eigenvalue weighted by molar-refractivity contribution is 0.145. The van der Waals surface area contributed by atoms with Crippen molar-refractivity contribution in [2.75, 3.05) is 25.5 Å². The fourth-order valence-electron chi connectivity index (χ4n) is 3.74. The van der Waals surface area contributed by atoms with E-state index in [0.717, 1.165) is 12.8 Å². The van der Waals surface area contributed by atoms with Gasteiger partial charge in [-0.3, -0.25) is 19.0 Å². The lowest BCUT2D eigenvalue weighted by Gasteiger charge is -2.23. The summed E-state index contributed by atoms with van der Waals surface area (Å²) in [6.07, 6.45) is 6.43. The Morgan fingerprint density at radius 1 is 1.18 bits per heavy atom. The average Bonchev–Trinajstić information content (AvgIpc) is 3.24. The molecule has 0 aromatic carbocycles. The summed E-state index contributed by atoms with van der Waals surface area (Å²) >= 11 is 0. The number of nitrogens with one attached hydrogen (secondary N) is 1.